The van der Waals surface area contributed by atoms with E-state index in [9.17, 15) is 18.0 Å². The zero-order valence-electron chi connectivity index (χ0n) is 13.1. The predicted octanol–water partition coefficient (Wildman–Crippen LogP) is 5.44. The fourth-order valence-corrected chi connectivity index (χ4v) is 4.89. The van der Waals surface area contributed by atoms with Crippen LogP contribution in [-0.4, -0.2) is 27.1 Å². The van der Waals surface area contributed by atoms with Gasteiger partial charge < -0.3 is 5.32 Å². The number of anilines is 1. The SMILES string of the molecule is CCSc1nnc(SC(C)C(=O)Nc2cc(C(F)(F)F)ccc2Cl)s1. The van der Waals surface area contributed by atoms with E-state index in [2.05, 4.69) is 15.5 Å². The highest BCUT2D eigenvalue weighted by Gasteiger charge is 2.31. The Morgan fingerprint density at radius 2 is 2.04 bits per heavy atom. The van der Waals surface area contributed by atoms with Crippen molar-refractivity contribution in [3.63, 3.8) is 0 Å². The molecule has 1 atom stereocenters. The zero-order chi connectivity index (χ0) is 18.6. The average Bonchev–Trinajstić information content (AvgIpc) is 2.95. The normalized spacial score (nSPS) is 12.9. The Bertz CT molecular complexity index is 754. The Morgan fingerprint density at radius 1 is 1.36 bits per heavy atom. The minimum Gasteiger partial charge on any atom is -0.324 e. The molecule has 0 radical (unpaired) electrons. The molecule has 0 bridgehead atoms. The van der Waals surface area contributed by atoms with Crippen LogP contribution in [0.1, 0.15) is 19.4 Å². The number of aromatic nitrogens is 2. The topological polar surface area (TPSA) is 54.9 Å². The van der Waals surface area contributed by atoms with Gasteiger partial charge in [0.25, 0.3) is 0 Å². The Balaban J connectivity index is 2.05. The van der Waals surface area contributed by atoms with E-state index in [0.29, 0.717) is 4.34 Å². The number of alkyl halides is 3. The molecule has 1 unspecified atom stereocenters. The number of carbonyl (C=O) groups excluding carboxylic acids is 1. The number of hydrogen-bond acceptors (Lipinski definition) is 6. The maximum Gasteiger partial charge on any atom is 0.416 e. The van der Waals surface area contributed by atoms with Crippen molar-refractivity contribution in [2.24, 2.45) is 0 Å². The van der Waals surface area contributed by atoms with Gasteiger partial charge in [-0.25, -0.2) is 0 Å². The third kappa shape index (κ3) is 5.77. The van der Waals surface area contributed by atoms with E-state index in [-0.39, 0.29) is 10.7 Å². The second kappa shape index (κ2) is 8.61. The number of nitrogens with zero attached hydrogens (tertiary/aromatic N) is 2. The minimum atomic E-state index is -4.51. The molecule has 2 rings (SSSR count). The van der Waals surface area contributed by atoms with Crippen molar-refractivity contribution in [3.8, 4) is 0 Å². The molecule has 1 N–H and O–H groups in total. The summed E-state index contributed by atoms with van der Waals surface area (Å²) >= 11 is 9.98. The fraction of sp³-hybridized carbons (Fsp3) is 0.357. The van der Waals surface area contributed by atoms with E-state index >= 15 is 0 Å². The summed E-state index contributed by atoms with van der Waals surface area (Å²) in [6.07, 6.45) is -4.51. The predicted molar refractivity (Wildman–Crippen MR) is 96.7 cm³/mol. The third-order valence-corrected chi connectivity index (χ3v) is 6.31. The Hall–Kier alpha value is -0.970. The first-order valence-electron chi connectivity index (χ1n) is 7.01. The molecule has 2 aromatic rings. The fourth-order valence-electron chi connectivity index (χ4n) is 1.66. The number of nitrogens with one attached hydrogen (secondary N) is 1. The standard InChI is InChI=1S/C14H13ClF3N3OS3/c1-3-23-12-20-21-13(25-12)24-7(2)11(22)19-10-6-8(14(16,17)18)4-5-9(10)15/h4-7H,3H2,1-2H3,(H,19,22). The highest BCUT2D eigenvalue weighted by molar-refractivity contribution is 8.03. The molecule has 0 spiro atoms. The number of carbonyl (C=O) groups is 1. The van der Waals surface area contributed by atoms with Crippen molar-refractivity contribution in [1.29, 1.82) is 0 Å². The lowest BCUT2D eigenvalue weighted by Gasteiger charge is -2.14. The second-order valence-corrected chi connectivity index (χ2v) is 9.19. The van der Waals surface area contributed by atoms with Crippen molar-refractivity contribution in [2.45, 2.75) is 34.0 Å². The molecule has 0 saturated carbocycles. The summed E-state index contributed by atoms with van der Waals surface area (Å²) in [5.41, 5.74) is -0.953. The van der Waals surface area contributed by atoms with Gasteiger partial charge in [0, 0.05) is 0 Å². The first-order valence-corrected chi connectivity index (χ1v) is 10.1. The maximum absolute atomic E-state index is 12.8. The summed E-state index contributed by atoms with van der Waals surface area (Å²) in [4.78, 5) is 12.2. The van der Waals surface area contributed by atoms with Gasteiger partial charge in [0.05, 0.1) is 21.5 Å². The van der Waals surface area contributed by atoms with Crippen LogP contribution in [0, 0.1) is 0 Å². The Labute approximate surface area is 159 Å². The Morgan fingerprint density at radius 3 is 2.68 bits per heavy atom. The maximum atomic E-state index is 12.8. The first-order chi connectivity index (χ1) is 11.7. The van der Waals surface area contributed by atoms with E-state index in [4.69, 9.17) is 11.6 Å². The average molecular weight is 428 g/mol. The molecule has 11 heteroatoms. The van der Waals surface area contributed by atoms with Crippen LogP contribution >= 0.6 is 46.5 Å². The van der Waals surface area contributed by atoms with E-state index in [0.717, 1.165) is 28.3 Å². The van der Waals surface area contributed by atoms with Crippen LogP contribution in [0.2, 0.25) is 5.02 Å². The number of benzene rings is 1. The van der Waals surface area contributed by atoms with E-state index in [1.54, 1.807) is 18.7 Å². The molecule has 4 nitrogen and oxygen atoms in total. The molecule has 1 amide bonds. The van der Waals surface area contributed by atoms with Crippen LogP contribution in [0.25, 0.3) is 0 Å². The minimum absolute atomic E-state index is 0.0381. The summed E-state index contributed by atoms with van der Waals surface area (Å²) in [7, 11) is 0. The summed E-state index contributed by atoms with van der Waals surface area (Å²) in [5.74, 6) is 0.398. The zero-order valence-corrected chi connectivity index (χ0v) is 16.3. The van der Waals surface area contributed by atoms with Crippen molar-refractivity contribution in [3.05, 3.63) is 28.8 Å². The number of amides is 1. The van der Waals surface area contributed by atoms with E-state index in [1.165, 1.54) is 23.1 Å². The number of hydrogen-bond donors (Lipinski definition) is 1. The number of halogens is 4. The van der Waals surface area contributed by atoms with Crippen molar-refractivity contribution >= 4 is 58.1 Å². The molecule has 136 valence electrons. The molecule has 1 aromatic heterocycles. The number of thioether (sulfide) groups is 2. The van der Waals surface area contributed by atoms with Gasteiger partial charge in [-0.3, -0.25) is 4.79 Å². The van der Waals surface area contributed by atoms with Gasteiger partial charge >= 0.3 is 6.18 Å². The van der Waals surface area contributed by atoms with E-state index < -0.39 is 22.9 Å². The third-order valence-electron chi connectivity index (χ3n) is 2.85. The van der Waals surface area contributed by atoms with Gasteiger partial charge in [-0.2, -0.15) is 13.2 Å². The lowest BCUT2D eigenvalue weighted by molar-refractivity contribution is -0.137. The van der Waals surface area contributed by atoms with Gasteiger partial charge in [-0.1, -0.05) is 53.4 Å². The van der Waals surface area contributed by atoms with Crippen molar-refractivity contribution in [2.75, 3.05) is 11.1 Å². The van der Waals surface area contributed by atoms with Crippen LogP contribution < -0.4 is 5.32 Å². The Kier molecular flexibility index (Phi) is 7.01. The largest absolute Gasteiger partial charge is 0.416 e. The molecular formula is C14H13ClF3N3OS3. The second-order valence-electron chi connectivity index (χ2n) is 4.71. The summed E-state index contributed by atoms with van der Waals surface area (Å²) in [5, 5.41) is 9.87. The molecule has 0 saturated heterocycles. The van der Waals surface area contributed by atoms with Crippen molar-refractivity contribution in [1.82, 2.24) is 10.2 Å². The highest BCUT2D eigenvalue weighted by atomic mass is 35.5. The summed E-state index contributed by atoms with van der Waals surface area (Å²) in [6.45, 7) is 3.63. The van der Waals surface area contributed by atoms with Crippen LogP contribution in [0.5, 0.6) is 0 Å². The monoisotopic (exact) mass is 427 g/mol. The van der Waals surface area contributed by atoms with Gasteiger partial charge in [-0.15, -0.1) is 10.2 Å². The molecule has 0 aliphatic rings. The summed E-state index contributed by atoms with van der Waals surface area (Å²) in [6, 6.07) is 2.79. The van der Waals surface area contributed by atoms with Crippen LogP contribution in [0.3, 0.4) is 0 Å². The van der Waals surface area contributed by atoms with E-state index in [1.807, 2.05) is 6.92 Å². The van der Waals surface area contributed by atoms with Crippen molar-refractivity contribution < 1.29 is 18.0 Å². The quantitative estimate of drug-likeness (QED) is 0.622. The van der Waals surface area contributed by atoms with Gasteiger partial charge in [0.1, 0.15) is 0 Å². The first kappa shape index (κ1) is 20.3. The molecule has 1 heterocycles. The van der Waals surface area contributed by atoms with Gasteiger partial charge in [-0.05, 0) is 30.9 Å². The lowest BCUT2D eigenvalue weighted by Crippen LogP contribution is -2.22. The lowest BCUT2D eigenvalue weighted by atomic mass is 10.2. The molecular weight excluding hydrogens is 415 g/mol. The van der Waals surface area contributed by atoms with Gasteiger partial charge in [0.2, 0.25) is 5.91 Å². The van der Waals surface area contributed by atoms with Crippen LogP contribution in [0.4, 0.5) is 18.9 Å². The number of rotatable bonds is 6. The molecule has 25 heavy (non-hydrogen) atoms. The van der Waals surface area contributed by atoms with Gasteiger partial charge in [0.15, 0.2) is 8.68 Å². The molecule has 0 fully saturated rings. The molecule has 0 aliphatic carbocycles. The smallest absolute Gasteiger partial charge is 0.324 e. The summed E-state index contributed by atoms with van der Waals surface area (Å²) < 4.78 is 39.7. The molecule has 0 aliphatic heterocycles. The molecule has 1 aromatic carbocycles. The van der Waals surface area contributed by atoms with Crippen LogP contribution in [0.15, 0.2) is 26.9 Å². The highest BCUT2D eigenvalue weighted by Crippen LogP contribution is 2.35. The van der Waals surface area contributed by atoms with Crippen LogP contribution in [-0.2, 0) is 11.0 Å².